The average Bonchev–Trinajstić information content (AvgIpc) is 3.07. The third-order valence-corrected chi connectivity index (χ3v) is 5.64. The molecule has 1 spiro atoms. The van der Waals surface area contributed by atoms with Crippen molar-refractivity contribution in [3.63, 3.8) is 0 Å². The number of amides is 1. The van der Waals surface area contributed by atoms with E-state index in [-0.39, 0.29) is 11.5 Å². The topological polar surface area (TPSA) is 29.5 Å². The first-order valence-electron chi connectivity index (χ1n) is 8.73. The molecule has 1 amide bonds. The van der Waals surface area contributed by atoms with Gasteiger partial charge in [-0.3, -0.25) is 4.90 Å². The fourth-order valence-electron chi connectivity index (χ4n) is 4.41. The highest BCUT2D eigenvalue weighted by Crippen LogP contribution is 2.54. The molecule has 4 aliphatic rings. The highest BCUT2D eigenvalue weighted by molar-refractivity contribution is 5.72. The molecule has 1 aliphatic heterocycles. The Kier molecular flexibility index (Phi) is 3.11. The van der Waals surface area contributed by atoms with Crippen LogP contribution in [0.3, 0.4) is 0 Å². The monoisotopic (exact) mass is 329 g/mol. The molecular formula is C22H19NO2. The van der Waals surface area contributed by atoms with Gasteiger partial charge in [0.05, 0.1) is 5.41 Å². The van der Waals surface area contributed by atoms with E-state index in [1.165, 1.54) is 16.7 Å². The van der Waals surface area contributed by atoms with E-state index in [1.807, 2.05) is 36.5 Å². The number of hydrogen-bond acceptors (Lipinski definition) is 2. The molecule has 2 aromatic rings. The Morgan fingerprint density at radius 2 is 1.92 bits per heavy atom. The minimum absolute atomic E-state index is 0.156. The smallest absolute Gasteiger partial charge is 0.414 e. The molecule has 0 fully saturated rings. The molecule has 0 radical (unpaired) electrons. The zero-order valence-corrected chi connectivity index (χ0v) is 13.9. The van der Waals surface area contributed by atoms with Crippen LogP contribution in [0.15, 0.2) is 78.5 Å². The van der Waals surface area contributed by atoms with Crippen LogP contribution in [-0.2, 0) is 16.8 Å². The Bertz CT molecular complexity index is 899. The summed E-state index contributed by atoms with van der Waals surface area (Å²) < 4.78 is 5.53. The van der Waals surface area contributed by atoms with Crippen LogP contribution in [-0.4, -0.2) is 17.5 Å². The van der Waals surface area contributed by atoms with Crippen molar-refractivity contribution in [2.75, 3.05) is 6.54 Å². The van der Waals surface area contributed by atoms with Crippen molar-refractivity contribution < 1.29 is 9.53 Å². The van der Waals surface area contributed by atoms with Gasteiger partial charge in [-0.05, 0) is 28.7 Å². The lowest BCUT2D eigenvalue weighted by Gasteiger charge is -2.43. The van der Waals surface area contributed by atoms with Crippen molar-refractivity contribution in [1.29, 1.82) is 0 Å². The molecule has 3 nitrogen and oxygen atoms in total. The second-order valence-electron chi connectivity index (χ2n) is 7.05. The molecule has 2 unspecified atom stereocenters. The minimum atomic E-state index is -0.269. The van der Waals surface area contributed by atoms with Crippen LogP contribution in [0.5, 0.6) is 0 Å². The number of benzene rings is 2. The predicted molar refractivity (Wildman–Crippen MR) is 96.0 cm³/mol. The molecule has 0 aromatic heterocycles. The lowest BCUT2D eigenvalue weighted by Crippen LogP contribution is -2.40. The largest absolute Gasteiger partial charge is 0.444 e. The summed E-state index contributed by atoms with van der Waals surface area (Å²) >= 11 is 0. The molecule has 124 valence electrons. The maximum absolute atomic E-state index is 12.6. The van der Waals surface area contributed by atoms with Gasteiger partial charge in [-0.1, -0.05) is 66.7 Å². The number of carbonyl (C=O) groups excluding carboxylic acids is 1. The normalized spacial score (nSPS) is 25.4. The molecule has 2 bridgehead atoms. The summed E-state index contributed by atoms with van der Waals surface area (Å²) in [5.41, 5.74) is 4.93. The Morgan fingerprint density at radius 3 is 2.80 bits per heavy atom. The van der Waals surface area contributed by atoms with Crippen molar-refractivity contribution in [2.24, 2.45) is 0 Å². The summed E-state index contributed by atoms with van der Waals surface area (Å²) in [7, 11) is 0. The molecule has 25 heavy (non-hydrogen) atoms. The van der Waals surface area contributed by atoms with Crippen LogP contribution < -0.4 is 0 Å². The second-order valence-corrected chi connectivity index (χ2v) is 7.05. The summed E-state index contributed by atoms with van der Waals surface area (Å²) in [5, 5.41) is 0. The van der Waals surface area contributed by atoms with E-state index in [1.54, 1.807) is 4.90 Å². The lowest BCUT2D eigenvalue weighted by atomic mass is 9.60. The lowest BCUT2D eigenvalue weighted by molar-refractivity contribution is 0.111. The molecule has 2 aromatic carbocycles. The summed E-state index contributed by atoms with van der Waals surface area (Å²) in [6.07, 6.45) is 7.34. The van der Waals surface area contributed by atoms with Gasteiger partial charge in [-0.2, -0.15) is 0 Å². The van der Waals surface area contributed by atoms with Crippen LogP contribution in [0.25, 0.3) is 0 Å². The Hall–Kier alpha value is -2.81. The second kappa shape index (κ2) is 5.35. The Labute approximate surface area is 147 Å². The summed E-state index contributed by atoms with van der Waals surface area (Å²) in [4.78, 5) is 14.3. The zero-order chi connectivity index (χ0) is 16.9. The highest BCUT2D eigenvalue weighted by atomic mass is 16.6. The van der Waals surface area contributed by atoms with Crippen molar-refractivity contribution in [2.45, 2.75) is 24.4 Å². The molecule has 1 heterocycles. The van der Waals surface area contributed by atoms with Crippen LogP contribution >= 0.6 is 0 Å². The molecule has 6 rings (SSSR count). The number of ether oxygens (including phenoxy) is 1. The number of nitrogens with zero attached hydrogens (tertiary/aromatic N) is 1. The third-order valence-electron chi connectivity index (χ3n) is 5.64. The maximum atomic E-state index is 12.6. The van der Waals surface area contributed by atoms with Crippen LogP contribution in [0, 0.1) is 0 Å². The fraction of sp³-hybridized carbons (Fsp3) is 0.227. The van der Waals surface area contributed by atoms with E-state index in [2.05, 4.69) is 36.4 Å². The van der Waals surface area contributed by atoms with Gasteiger partial charge < -0.3 is 4.74 Å². The standard InChI is InChI=1S/C22H19NO2/c24-21(25-14-16-6-2-1-3-7-16)23-13-18-12-17-10-11-22(18,15-23)20-9-5-4-8-19(17)20/h1-11,13,17H,12,14-15H2. The first-order valence-corrected chi connectivity index (χ1v) is 8.73. The van der Waals surface area contributed by atoms with Gasteiger partial charge in [0.1, 0.15) is 6.61 Å². The Balaban J connectivity index is 1.39. The number of rotatable bonds is 2. The van der Waals surface area contributed by atoms with E-state index in [9.17, 15) is 4.79 Å². The van der Waals surface area contributed by atoms with E-state index in [0.717, 1.165) is 12.0 Å². The SMILES string of the molecule is O=C(OCc1ccccc1)N1C=C2CC3C=CC2(C1)c1ccccc13. The molecule has 0 saturated carbocycles. The zero-order valence-electron chi connectivity index (χ0n) is 13.9. The fourth-order valence-corrected chi connectivity index (χ4v) is 4.41. The minimum Gasteiger partial charge on any atom is -0.444 e. The summed E-state index contributed by atoms with van der Waals surface area (Å²) in [6, 6.07) is 18.4. The number of carbonyl (C=O) groups is 1. The van der Waals surface area contributed by atoms with Gasteiger partial charge in [-0.25, -0.2) is 4.79 Å². The van der Waals surface area contributed by atoms with Gasteiger partial charge in [0, 0.05) is 18.7 Å². The number of hydrogen-bond donors (Lipinski definition) is 0. The molecule has 0 saturated heterocycles. The van der Waals surface area contributed by atoms with E-state index >= 15 is 0 Å². The van der Waals surface area contributed by atoms with Gasteiger partial charge in [0.15, 0.2) is 0 Å². The van der Waals surface area contributed by atoms with Crippen molar-refractivity contribution in [1.82, 2.24) is 4.90 Å². The van der Waals surface area contributed by atoms with Gasteiger partial charge >= 0.3 is 6.09 Å². The molecule has 2 atom stereocenters. The maximum Gasteiger partial charge on any atom is 0.414 e. The Morgan fingerprint density at radius 1 is 1.12 bits per heavy atom. The molecule has 0 N–H and O–H groups in total. The van der Waals surface area contributed by atoms with Crippen LogP contribution in [0.4, 0.5) is 4.79 Å². The molecule has 3 heteroatoms. The van der Waals surface area contributed by atoms with Gasteiger partial charge in [-0.15, -0.1) is 0 Å². The first kappa shape index (κ1) is 14.5. The van der Waals surface area contributed by atoms with Crippen LogP contribution in [0.2, 0.25) is 0 Å². The van der Waals surface area contributed by atoms with Crippen LogP contribution in [0.1, 0.15) is 29.0 Å². The van der Waals surface area contributed by atoms with E-state index in [4.69, 9.17) is 4.74 Å². The molecule has 3 aliphatic carbocycles. The first-order chi connectivity index (χ1) is 12.3. The van der Waals surface area contributed by atoms with Gasteiger partial charge in [0.25, 0.3) is 0 Å². The average molecular weight is 329 g/mol. The van der Waals surface area contributed by atoms with Crippen molar-refractivity contribution >= 4 is 6.09 Å². The van der Waals surface area contributed by atoms with E-state index < -0.39 is 0 Å². The summed E-state index contributed by atoms with van der Waals surface area (Å²) in [6.45, 7) is 0.942. The van der Waals surface area contributed by atoms with Crippen molar-refractivity contribution in [3.05, 3.63) is 95.2 Å². The van der Waals surface area contributed by atoms with E-state index in [0.29, 0.717) is 19.1 Å². The third kappa shape index (κ3) is 2.15. The quantitative estimate of drug-likeness (QED) is 0.758. The van der Waals surface area contributed by atoms with Crippen molar-refractivity contribution in [3.8, 4) is 0 Å². The summed E-state index contributed by atoms with van der Waals surface area (Å²) in [5.74, 6) is 0.435. The predicted octanol–water partition coefficient (Wildman–Crippen LogP) is 4.52. The highest BCUT2D eigenvalue weighted by Gasteiger charge is 2.49. The van der Waals surface area contributed by atoms with Gasteiger partial charge in [0.2, 0.25) is 0 Å². The molecular weight excluding hydrogens is 310 g/mol. The number of allylic oxidation sites excluding steroid dienone is 1.